The molecule has 13 heteroatoms. The number of amides is 3. The van der Waals surface area contributed by atoms with Crippen molar-refractivity contribution in [3.8, 4) is 17.4 Å². The zero-order valence-corrected chi connectivity index (χ0v) is 25.0. The molecule has 1 saturated heterocycles. The topological polar surface area (TPSA) is 180 Å². The first-order valence-corrected chi connectivity index (χ1v) is 14.1. The van der Waals surface area contributed by atoms with Crippen LogP contribution in [0.15, 0.2) is 42.6 Å². The number of nitrogens with two attached hydrogens (primary N) is 1. The second kappa shape index (κ2) is 15.8. The molecular formula is C30H41N5O8. The Morgan fingerprint density at radius 1 is 1.09 bits per heavy atom. The lowest BCUT2D eigenvalue weighted by Crippen LogP contribution is -2.51. The highest BCUT2D eigenvalue weighted by Crippen LogP contribution is 2.25. The number of hydrogen-bond donors (Lipinski definition) is 4. The molecule has 3 amide bonds. The van der Waals surface area contributed by atoms with Gasteiger partial charge < -0.3 is 40.6 Å². The number of rotatable bonds is 16. The minimum absolute atomic E-state index is 0.0101. The summed E-state index contributed by atoms with van der Waals surface area (Å²) < 4.78 is 21.9. The molecule has 0 bridgehead atoms. The first kappa shape index (κ1) is 33.3. The maximum Gasteiger partial charge on any atom is 0.328 e. The lowest BCUT2D eigenvalue weighted by Gasteiger charge is -2.29. The largest absolute Gasteiger partial charge is 0.484 e. The van der Waals surface area contributed by atoms with Gasteiger partial charge in [0.05, 0.1) is 31.4 Å². The zero-order chi connectivity index (χ0) is 31.4. The molecule has 2 atom stereocenters. The average Bonchev–Trinajstić information content (AvgIpc) is 2.92. The van der Waals surface area contributed by atoms with Gasteiger partial charge in [0.2, 0.25) is 11.8 Å². The van der Waals surface area contributed by atoms with Crippen LogP contribution in [0.5, 0.6) is 17.4 Å². The van der Waals surface area contributed by atoms with Crippen LogP contribution in [0.2, 0.25) is 0 Å². The molecule has 3 rings (SSSR count). The van der Waals surface area contributed by atoms with E-state index in [1.165, 1.54) is 25.4 Å². The van der Waals surface area contributed by atoms with Crippen molar-refractivity contribution < 1.29 is 38.1 Å². The van der Waals surface area contributed by atoms with Crippen LogP contribution in [0.4, 0.5) is 0 Å². The number of carbonyl (C=O) groups excluding carboxylic acids is 4. The van der Waals surface area contributed by atoms with Crippen LogP contribution in [-0.2, 0) is 23.9 Å². The molecule has 2 aromatic rings. The van der Waals surface area contributed by atoms with Crippen molar-refractivity contribution in [1.29, 1.82) is 0 Å². The fourth-order valence-electron chi connectivity index (χ4n) is 3.98. The van der Waals surface area contributed by atoms with E-state index < -0.39 is 35.8 Å². The van der Waals surface area contributed by atoms with Gasteiger partial charge in [-0.3, -0.25) is 14.4 Å². The van der Waals surface area contributed by atoms with Crippen LogP contribution in [0.1, 0.15) is 50.4 Å². The summed E-state index contributed by atoms with van der Waals surface area (Å²) in [4.78, 5) is 53.0. The molecule has 1 aromatic carbocycles. The number of carbonyl (C=O) groups is 4. The van der Waals surface area contributed by atoms with Gasteiger partial charge in [-0.1, -0.05) is 26.8 Å². The smallest absolute Gasteiger partial charge is 0.328 e. The predicted octanol–water partition coefficient (Wildman–Crippen LogP) is 1.70. The summed E-state index contributed by atoms with van der Waals surface area (Å²) in [6.45, 7) is 7.49. The number of benzene rings is 1. The van der Waals surface area contributed by atoms with Crippen LogP contribution < -0.4 is 31.2 Å². The van der Waals surface area contributed by atoms with Gasteiger partial charge in [-0.05, 0) is 36.5 Å². The highest BCUT2D eigenvalue weighted by molar-refractivity contribution is 5.96. The Bertz CT molecular complexity index is 1240. The normalized spacial score (nSPS) is 14.5. The van der Waals surface area contributed by atoms with Crippen LogP contribution in [0, 0.1) is 5.41 Å². The van der Waals surface area contributed by atoms with Gasteiger partial charge >= 0.3 is 5.97 Å². The lowest BCUT2D eigenvalue weighted by atomic mass is 9.88. The number of pyridine rings is 1. The van der Waals surface area contributed by atoms with E-state index in [2.05, 4.69) is 41.7 Å². The first-order chi connectivity index (χ1) is 20.4. The Labute approximate surface area is 251 Å². The summed E-state index contributed by atoms with van der Waals surface area (Å²) in [6.07, 6.45) is 2.51. The third kappa shape index (κ3) is 11.9. The molecule has 234 valence electrons. The third-order valence-electron chi connectivity index (χ3n) is 6.46. The average molecular weight is 600 g/mol. The van der Waals surface area contributed by atoms with E-state index in [1.54, 1.807) is 24.3 Å². The molecule has 0 radical (unpaired) electrons. The van der Waals surface area contributed by atoms with Crippen molar-refractivity contribution in [3.63, 3.8) is 0 Å². The second-order valence-corrected chi connectivity index (χ2v) is 11.4. The number of aromatic nitrogens is 1. The van der Waals surface area contributed by atoms with Crippen molar-refractivity contribution in [2.45, 2.75) is 58.2 Å². The molecule has 13 nitrogen and oxygen atoms in total. The summed E-state index contributed by atoms with van der Waals surface area (Å²) in [5, 5.41) is 8.52. The van der Waals surface area contributed by atoms with E-state index in [0.717, 1.165) is 19.5 Å². The highest BCUT2D eigenvalue weighted by atomic mass is 16.5. The van der Waals surface area contributed by atoms with Gasteiger partial charge in [-0.25, -0.2) is 9.78 Å². The summed E-state index contributed by atoms with van der Waals surface area (Å²) in [7, 11) is 1.29. The van der Waals surface area contributed by atoms with Gasteiger partial charge in [0.1, 0.15) is 17.5 Å². The van der Waals surface area contributed by atoms with Crippen LogP contribution in [0.25, 0.3) is 0 Å². The lowest BCUT2D eigenvalue weighted by molar-refractivity contribution is -0.143. The first-order valence-electron chi connectivity index (χ1n) is 14.1. The third-order valence-corrected chi connectivity index (χ3v) is 6.46. The van der Waals surface area contributed by atoms with Crippen molar-refractivity contribution >= 4 is 23.7 Å². The molecule has 1 aromatic heterocycles. The maximum atomic E-state index is 12.8. The fourth-order valence-corrected chi connectivity index (χ4v) is 3.98. The Morgan fingerprint density at radius 2 is 1.84 bits per heavy atom. The maximum absolute atomic E-state index is 12.8. The molecule has 1 fully saturated rings. The molecule has 1 unspecified atom stereocenters. The van der Waals surface area contributed by atoms with E-state index in [9.17, 15) is 19.2 Å². The predicted molar refractivity (Wildman–Crippen MR) is 157 cm³/mol. The Hall–Kier alpha value is -4.23. The van der Waals surface area contributed by atoms with Crippen LogP contribution in [-0.4, -0.2) is 80.3 Å². The van der Waals surface area contributed by atoms with E-state index >= 15 is 0 Å². The van der Waals surface area contributed by atoms with Gasteiger partial charge in [0.25, 0.3) is 11.8 Å². The van der Waals surface area contributed by atoms with Crippen molar-refractivity contribution in [2.75, 3.05) is 33.4 Å². The fraction of sp³-hybridized carbons (Fsp3) is 0.500. The summed E-state index contributed by atoms with van der Waals surface area (Å²) >= 11 is 0. The molecule has 0 aliphatic carbocycles. The second-order valence-electron chi connectivity index (χ2n) is 11.4. The summed E-state index contributed by atoms with van der Waals surface area (Å²) in [6, 6.07) is 8.34. The van der Waals surface area contributed by atoms with E-state index in [1.807, 2.05) is 0 Å². The molecule has 43 heavy (non-hydrogen) atoms. The van der Waals surface area contributed by atoms with E-state index in [4.69, 9.17) is 24.7 Å². The quantitative estimate of drug-likeness (QED) is 0.207. The number of primary amides is 1. The molecule has 1 aliphatic heterocycles. The number of hydrogen-bond acceptors (Lipinski definition) is 10. The number of ether oxygens (including phenoxy) is 4. The molecule has 0 spiro atoms. The number of nitrogens with one attached hydrogen (secondary N) is 3. The Kier molecular flexibility index (Phi) is 12.3. The van der Waals surface area contributed by atoms with Crippen LogP contribution >= 0.6 is 0 Å². The summed E-state index contributed by atoms with van der Waals surface area (Å²) in [5.74, 6) is -0.959. The number of nitrogens with zero attached hydrogens (tertiary/aromatic N) is 1. The minimum atomic E-state index is -0.773. The SMILES string of the molecule is COC(=O)[C@H](CCC(C)(C)C)NC(=O)c1ccc(Oc2cccc(OCC(=O)NC(COC3CNC3)CC(N)=O)c2)nc1. The van der Waals surface area contributed by atoms with Gasteiger partial charge in [0, 0.05) is 37.8 Å². The molecule has 2 heterocycles. The van der Waals surface area contributed by atoms with Gasteiger partial charge in [-0.2, -0.15) is 0 Å². The molecule has 0 saturated carbocycles. The van der Waals surface area contributed by atoms with Crippen molar-refractivity contribution in [1.82, 2.24) is 20.9 Å². The standard InChI is InChI=1S/C30H41N5O8/c1-30(2,3)11-10-24(29(39)40-4)35-28(38)19-8-9-27(33-14-19)43-22-7-5-6-21(13-22)42-18-26(37)34-20(12-25(31)36)17-41-23-15-32-16-23/h5-9,13-14,20,23-24,32H,10-12,15-18H2,1-4H3,(H2,31,36)(H,34,37)(H,35,38)/t20?,24-/m0/s1. The number of esters is 1. The molecular weight excluding hydrogens is 558 g/mol. The van der Waals surface area contributed by atoms with Gasteiger partial charge in [-0.15, -0.1) is 0 Å². The van der Waals surface area contributed by atoms with E-state index in [-0.39, 0.29) is 42.6 Å². The van der Waals surface area contributed by atoms with E-state index in [0.29, 0.717) is 17.9 Å². The highest BCUT2D eigenvalue weighted by Gasteiger charge is 2.25. The molecule has 1 aliphatic rings. The minimum Gasteiger partial charge on any atom is -0.484 e. The Morgan fingerprint density at radius 3 is 2.44 bits per heavy atom. The van der Waals surface area contributed by atoms with Gasteiger partial charge in [0.15, 0.2) is 6.61 Å². The molecule has 5 N–H and O–H groups in total. The summed E-state index contributed by atoms with van der Waals surface area (Å²) in [5.41, 5.74) is 5.55. The van der Waals surface area contributed by atoms with Crippen molar-refractivity contribution in [2.24, 2.45) is 11.1 Å². The van der Waals surface area contributed by atoms with Crippen LogP contribution in [0.3, 0.4) is 0 Å². The van der Waals surface area contributed by atoms with Crippen molar-refractivity contribution in [3.05, 3.63) is 48.2 Å². The number of methoxy groups -OCH3 is 1. The Balaban J connectivity index is 1.51. The monoisotopic (exact) mass is 599 g/mol. The zero-order valence-electron chi connectivity index (χ0n) is 25.0.